The molecule has 7 nitrogen and oxygen atoms in total. The minimum atomic E-state index is -0.561. The zero-order valence-corrected chi connectivity index (χ0v) is 10.6. The van der Waals surface area contributed by atoms with Crippen molar-refractivity contribution in [2.45, 2.75) is 0 Å². The summed E-state index contributed by atoms with van der Waals surface area (Å²) in [7, 11) is 1.55. The predicted molar refractivity (Wildman–Crippen MR) is 69.3 cm³/mol. The lowest BCUT2D eigenvalue weighted by Crippen LogP contribution is -2.16. The molecule has 0 saturated heterocycles. The summed E-state index contributed by atoms with van der Waals surface area (Å²) in [6.07, 6.45) is 2.71. The number of anilines is 1. The van der Waals surface area contributed by atoms with Crippen LogP contribution in [0.25, 0.3) is 0 Å². The zero-order valence-electron chi connectivity index (χ0n) is 9.83. The van der Waals surface area contributed by atoms with E-state index in [2.05, 4.69) is 10.3 Å². The molecule has 0 aliphatic heterocycles. The number of carbonyl (C=O) groups excluding carboxylic acids is 1. The van der Waals surface area contributed by atoms with Gasteiger partial charge in [0.15, 0.2) is 0 Å². The minimum Gasteiger partial charge on any atom is -0.340 e. The molecule has 0 spiro atoms. The minimum absolute atomic E-state index is 0.147. The van der Waals surface area contributed by atoms with Crippen molar-refractivity contribution in [3.8, 4) is 0 Å². The third-order valence-electron chi connectivity index (χ3n) is 2.40. The van der Waals surface area contributed by atoms with Gasteiger partial charge < -0.3 is 9.88 Å². The molecule has 8 heteroatoms. The number of nitrogens with one attached hydrogen (secondary N) is 1. The molecule has 2 rings (SSSR count). The van der Waals surface area contributed by atoms with E-state index in [1.54, 1.807) is 13.1 Å². The van der Waals surface area contributed by atoms with Crippen molar-refractivity contribution in [2.24, 2.45) is 7.05 Å². The number of hydrogen-bond donors (Lipinski definition) is 1. The Kier molecular flexibility index (Phi) is 3.48. The topological polar surface area (TPSA) is 90.1 Å². The fourth-order valence-electron chi connectivity index (χ4n) is 1.53. The first kappa shape index (κ1) is 13.0. The number of aryl methyl sites for hydroxylation is 1. The van der Waals surface area contributed by atoms with Gasteiger partial charge in [0, 0.05) is 24.3 Å². The normalized spacial score (nSPS) is 10.2. The Labute approximate surface area is 113 Å². The highest BCUT2D eigenvalue weighted by molar-refractivity contribution is 6.30. The van der Waals surface area contributed by atoms with Crippen molar-refractivity contribution >= 4 is 29.0 Å². The van der Waals surface area contributed by atoms with Gasteiger partial charge in [-0.15, -0.1) is 0 Å². The van der Waals surface area contributed by atoms with Gasteiger partial charge in [-0.3, -0.25) is 14.9 Å². The Bertz CT molecular complexity index is 653. The molecule has 0 radical (unpaired) electrons. The molecule has 0 unspecified atom stereocenters. The Balaban J connectivity index is 2.23. The van der Waals surface area contributed by atoms with Crippen LogP contribution in [0.1, 0.15) is 10.5 Å². The maximum absolute atomic E-state index is 11.9. The van der Waals surface area contributed by atoms with Crippen LogP contribution in [0.5, 0.6) is 0 Å². The summed E-state index contributed by atoms with van der Waals surface area (Å²) in [5.41, 5.74) is 0.0141. The lowest BCUT2D eigenvalue weighted by molar-refractivity contribution is -0.384. The Morgan fingerprint density at radius 3 is 2.84 bits per heavy atom. The molecule has 0 aromatic carbocycles. The molecule has 0 bridgehead atoms. The van der Waals surface area contributed by atoms with Crippen molar-refractivity contribution in [3.05, 3.63) is 51.4 Å². The molecule has 19 heavy (non-hydrogen) atoms. The monoisotopic (exact) mass is 280 g/mol. The van der Waals surface area contributed by atoms with Gasteiger partial charge in [0.1, 0.15) is 11.5 Å². The lowest BCUT2D eigenvalue weighted by atomic mass is 10.3. The van der Waals surface area contributed by atoms with Crippen molar-refractivity contribution < 1.29 is 9.72 Å². The first-order chi connectivity index (χ1) is 8.97. The molecule has 2 heterocycles. The summed E-state index contributed by atoms with van der Waals surface area (Å²) in [4.78, 5) is 25.9. The average Bonchev–Trinajstić information content (AvgIpc) is 2.71. The molecular formula is C11H9ClN4O3. The molecule has 2 aromatic rings. The predicted octanol–water partition coefficient (Wildman–Crippen LogP) is 2.23. The highest BCUT2D eigenvalue weighted by atomic mass is 35.5. The third kappa shape index (κ3) is 2.89. The number of halogens is 1. The molecule has 0 fully saturated rings. The molecule has 0 aliphatic rings. The van der Waals surface area contributed by atoms with Crippen LogP contribution in [0.15, 0.2) is 30.6 Å². The standard InChI is InChI=1S/C11H9ClN4O3/c1-15-6-8(16(18)19)5-9(15)11(17)14-10-4-7(12)2-3-13-10/h2-6H,1H3,(H,13,14,17). The smallest absolute Gasteiger partial charge is 0.287 e. The van der Waals surface area contributed by atoms with Crippen LogP contribution in [0, 0.1) is 10.1 Å². The van der Waals surface area contributed by atoms with Crippen LogP contribution in [0.3, 0.4) is 0 Å². The molecule has 98 valence electrons. The second-order valence-electron chi connectivity index (χ2n) is 3.76. The number of aromatic nitrogens is 2. The molecule has 1 N–H and O–H groups in total. The number of pyridine rings is 1. The maximum atomic E-state index is 11.9. The molecule has 0 aliphatic carbocycles. The highest BCUT2D eigenvalue weighted by Crippen LogP contribution is 2.17. The van der Waals surface area contributed by atoms with E-state index in [1.807, 2.05) is 0 Å². The van der Waals surface area contributed by atoms with E-state index in [9.17, 15) is 14.9 Å². The Hall–Kier alpha value is -2.41. The number of hydrogen-bond acceptors (Lipinski definition) is 4. The van der Waals surface area contributed by atoms with Crippen LogP contribution >= 0.6 is 11.6 Å². The van der Waals surface area contributed by atoms with E-state index < -0.39 is 10.8 Å². The Morgan fingerprint density at radius 2 is 2.26 bits per heavy atom. The van der Waals surface area contributed by atoms with Crippen LogP contribution in [-0.2, 0) is 7.05 Å². The van der Waals surface area contributed by atoms with Crippen molar-refractivity contribution in [1.82, 2.24) is 9.55 Å². The van der Waals surface area contributed by atoms with Crippen LogP contribution < -0.4 is 5.32 Å². The number of rotatable bonds is 3. The van der Waals surface area contributed by atoms with Gasteiger partial charge in [-0.05, 0) is 12.1 Å². The number of carbonyl (C=O) groups is 1. The van der Waals surface area contributed by atoms with E-state index in [1.165, 1.54) is 29.1 Å². The van der Waals surface area contributed by atoms with Crippen LogP contribution in [0.2, 0.25) is 5.02 Å². The molecule has 0 atom stereocenters. The summed E-state index contributed by atoms with van der Waals surface area (Å²) in [5.74, 6) is -0.216. The van der Waals surface area contributed by atoms with Crippen molar-refractivity contribution in [2.75, 3.05) is 5.32 Å². The average molecular weight is 281 g/mol. The molecule has 0 saturated carbocycles. The van der Waals surface area contributed by atoms with E-state index >= 15 is 0 Å². The van der Waals surface area contributed by atoms with E-state index in [0.29, 0.717) is 5.02 Å². The largest absolute Gasteiger partial charge is 0.340 e. The number of nitro groups is 1. The summed E-state index contributed by atoms with van der Waals surface area (Å²) < 4.78 is 1.37. The molecule has 1 amide bonds. The van der Waals surface area contributed by atoms with Crippen LogP contribution in [0.4, 0.5) is 11.5 Å². The highest BCUT2D eigenvalue weighted by Gasteiger charge is 2.17. The van der Waals surface area contributed by atoms with E-state index in [0.717, 1.165) is 0 Å². The molecule has 2 aromatic heterocycles. The van der Waals surface area contributed by atoms with Gasteiger partial charge in [-0.25, -0.2) is 4.98 Å². The second kappa shape index (κ2) is 5.07. The van der Waals surface area contributed by atoms with Crippen molar-refractivity contribution in [1.29, 1.82) is 0 Å². The fourth-order valence-corrected chi connectivity index (χ4v) is 1.69. The number of nitrogens with zero attached hydrogens (tertiary/aromatic N) is 3. The Morgan fingerprint density at radius 1 is 1.53 bits per heavy atom. The van der Waals surface area contributed by atoms with Crippen LogP contribution in [-0.4, -0.2) is 20.4 Å². The van der Waals surface area contributed by atoms with Gasteiger partial charge >= 0.3 is 0 Å². The summed E-state index contributed by atoms with van der Waals surface area (Å²) >= 11 is 5.77. The van der Waals surface area contributed by atoms with E-state index in [-0.39, 0.29) is 17.2 Å². The first-order valence-electron chi connectivity index (χ1n) is 5.21. The maximum Gasteiger partial charge on any atom is 0.287 e. The van der Waals surface area contributed by atoms with Gasteiger partial charge in [-0.2, -0.15) is 0 Å². The quantitative estimate of drug-likeness (QED) is 0.689. The van der Waals surface area contributed by atoms with E-state index in [4.69, 9.17) is 11.6 Å². The summed E-state index contributed by atoms with van der Waals surface area (Å²) in [6, 6.07) is 4.25. The second-order valence-corrected chi connectivity index (χ2v) is 4.20. The molecular weight excluding hydrogens is 272 g/mol. The zero-order chi connectivity index (χ0) is 14.0. The first-order valence-corrected chi connectivity index (χ1v) is 5.59. The summed E-state index contributed by atoms with van der Waals surface area (Å²) in [6.45, 7) is 0. The third-order valence-corrected chi connectivity index (χ3v) is 2.63. The number of amides is 1. The lowest BCUT2D eigenvalue weighted by Gasteiger charge is -2.04. The van der Waals surface area contributed by atoms with Gasteiger partial charge in [-0.1, -0.05) is 11.6 Å². The summed E-state index contributed by atoms with van der Waals surface area (Å²) in [5, 5.41) is 13.6. The van der Waals surface area contributed by atoms with Gasteiger partial charge in [0.25, 0.3) is 11.6 Å². The van der Waals surface area contributed by atoms with Crippen molar-refractivity contribution in [3.63, 3.8) is 0 Å². The fraction of sp³-hybridized carbons (Fsp3) is 0.0909. The van der Waals surface area contributed by atoms with Gasteiger partial charge in [0.05, 0.1) is 11.1 Å². The van der Waals surface area contributed by atoms with Gasteiger partial charge in [0.2, 0.25) is 0 Å². The SMILES string of the molecule is Cn1cc([N+](=O)[O-])cc1C(=O)Nc1cc(Cl)ccn1.